The van der Waals surface area contributed by atoms with Crippen molar-refractivity contribution in [2.75, 3.05) is 33.2 Å². The minimum absolute atomic E-state index is 0.0734. The number of carbonyl (C=O) groups excluding carboxylic acids is 1. The van der Waals surface area contributed by atoms with Crippen molar-refractivity contribution >= 4 is 5.91 Å². The molecule has 0 aromatic heterocycles. The van der Waals surface area contributed by atoms with E-state index in [2.05, 4.69) is 11.8 Å². The van der Waals surface area contributed by atoms with Gasteiger partial charge in [-0.2, -0.15) is 0 Å². The molecule has 0 saturated carbocycles. The van der Waals surface area contributed by atoms with Crippen LogP contribution in [0.25, 0.3) is 0 Å². The summed E-state index contributed by atoms with van der Waals surface area (Å²) in [5.74, 6) is 0.144. The van der Waals surface area contributed by atoms with Crippen molar-refractivity contribution in [1.29, 1.82) is 0 Å². The molecule has 0 radical (unpaired) electrons. The van der Waals surface area contributed by atoms with Crippen LogP contribution in [0.1, 0.15) is 32.6 Å². The molecule has 19 heavy (non-hydrogen) atoms. The Morgan fingerprint density at radius 2 is 2.00 bits per heavy atom. The second kappa shape index (κ2) is 6.68. The Kier molecular flexibility index (Phi) is 5.19. The Morgan fingerprint density at radius 3 is 2.53 bits per heavy atom. The molecule has 2 saturated heterocycles. The topological polar surface area (TPSA) is 58.8 Å². The van der Waals surface area contributed by atoms with Gasteiger partial charge in [-0.1, -0.05) is 6.92 Å². The number of likely N-dealkylation sites (N-methyl/N-ethyl adjacent to an activating group) is 1. The summed E-state index contributed by atoms with van der Waals surface area (Å²) in [6.45, 7) is 6.00. The van der Waals surface area contributed by atoms with Crippen LogP contribution in [0.15, 0.2) is 0 Å². The average Bonchev–Trinajstić information content (AvgIpc) is 2.94. The van der Waals surface area contributed by atoms with Crippen LogP contribution in [-0.2, 0) is 9.53 Å². The van der Waals surface area contributed by atoms with E-state index < -0.39 is 0 Å². The fourth-order valence-electron chi connectivity index (χ4n) is 3.09. The van der Waals surface area contributed by atoms with Gasteiger partial charge < -0.3 is 20.3 Å². The summed E-state index contributed by atoms with van der Waals surface area (Å²) in [7, 11) is 1.92. The third-order valence-corrected chi connectivity index (χ3v) is 4.55. The first-order valence-corrected chi connectivity index (χ1v) is 7.50. The summed E-state index contributed by atoms with van der Waals surface area (Å²) in [5.41, 5.74) is 5.59. The van der Waals surface area contributed by atoms with Crippen LogP contribution in [-0.4, -0.2) is 67.2 Å². The van der Waals surface area contributed by atoms with Crippen LogP contribution < -0.4 is 5.73 Å². The summed E-state index contributed by atoms with van der Waals surface area (Å²) in [6.07, 6.45) is 3.69. The molecule has 2 heterocycles. The normalized spacial score (nSPS) is 29.6. The lowest BCUT2D eigenvalue weighted by molar-refractivity contribution is -0.144. The van der Waals surface area contributed by atoms with E-state index in [-0.39, 0.29) is 18.1 Å². The molecule has 5 heteroatoms. The lowest BCUT2D eigenvalue weighted by Crippen LogP contribution is -2.48. The third kappa shape index (κ3) is 3.46. The Balaban J connectivity index is 1.83. The zero-order valence-electron chi connectivity index (χ0n) is 12.2. The number of amides is 1. The first-order valence-electron chi connectivity index (χ1n) is 7.50. The molecule has 1 amide bonds. The molecule has 2 atom stereocenters. The highest BCUT2D eigenvalue weighted by Gasteiger charge is 2.34. The van der Waals surface area contributed by atoms with Crippen molar-refractivity contribution < 1.29 is 9.53 Å². The Morgan fingerprint density at radius 1 is 1.32 bits per heavy atom. The summed E-state index contributed by atoms with van der Waals surface area (Å²) in [4.78, 5) is 16.8. The van der Waals surface area contributed by atoms with Gasteiger partial charge in [0.1, 0.15) is 6.10 Å². The van der Waals surface area contributed by atoms with E-state index in [1.807, 2.05) is 11.9 Å². The van der Waals surface area contributed by atoms with Crippen LogP contribution >= 0.6 is 0 Å². The van der Waals surface area contributed by atoms with Crippen molar-refractivity contribution in [1.82, 2.24) is 9.80 Å². The predicted octanol–water partition coefficient (Wildman–Crippen LogP) is 0.435. The van der Waals surface area contributed by atoms with Gasteiger partial charge in [-0.3, -0.25) is 4.79 Å². The highest BCUT2D eigenvalue weighted by Crippen LogP contribution is 2.23. The zero-order chi connectivity index (χ0) is 13.8. The maximum absolute atomic E-state index is 12.4. The molecule has 0 aromatic rings. The Labute approximate surface area is 116 Å². The molecule has 2 aliphatic rings. The molecule has 0 aliphatic carbocycles. The van der Waals surface area contributed by atoms with E-state index >= 15 is 0 Å². The van der Waals surface area contributed by atoms with Gasteiger partial charge in [0.15, 0.2) is 0 Å². The summed E-state index contributed by atoms with van der Waals surface area (Å²) < 4.78 is 5.70. The Bertz CT molecular complexity index is 303. The number of rotatable bonds is 4. The predicted molar refractivity (Wildman–Crippen MR) is 74.9 cm³/mol. The monoisotopic (exact) mass is 269 g/mol. The minimum atomic E-state index is -0.261. The SMILES string of the molecule is CCN1CCC(N(C)C(=O)C2CCC(CN)O2)CC1. The van der Waals surface area contributed by atoms with E-state index in [0.717, 1.165) is 45.3 Å². The molecule has 2 unspecified atom stereocenters. The highest BCUT2D eigenvalue weighted by atomic mass is 16.5. The summed E-state index contributed by atoms with van der Waals surface area (Å²) in [6, 6.07) is 0.371. The van der Waals surface area contributed by atoms with Crippen LogP contribution in [0.2, 0.25) is 0 Å². The first kappa shape index (κ1) is 14.8. The van der Waals surface area contributed by atoms with Crippen molar-refractivity contribution in [3.8, 4) is 0 Å². The van der Waals surface area contributed by atoms with Gasteiger partial charge in [-0.15, -0.1) is 0 Å². The molecule has 2 fully saturated rings. The summed E-state index contributed by atoms with van der Waals surface area (Å²) >= 11 is 0. The number of piperidine rings is 1. The van der Waals surface area contributed by atoms with Crippen LogP contribution in [0.5, 0.6) is 0 Å². The number of hydrogen-bond acceptors (Lipinski definition) is 4. The Hall–Kier alpha value is -0.650. The van der Waals surface area contributed by atoms with Crippen molar-refractivity contribution in [3.63, 3.8) is 0 Å². The number of likely N-dealkylation sites (tertiary alicyclic amines) is 1. The second-order valence-electron chi connectivity index (χ2n) is 5.67. The van der Waals surface area contributed by atoms with Gasteiger partial charge in [0.25, 0.3) is 5.91 Å². The van der Waals surface area contributed by atoms with Gasteiger partial charge in [0.05, 0.1) is 6.10 Å². The van der Waals surface area contributed by atoms with E-state index in [1.54, 1.807) is 0 Å². The van der Waals surface area contributed by atoms with Gasteiger partial charge in [-0.25, -0.2) is 0 Å². The maximum atomic E-state index is 12.4. The molecule has 2 rings (SSSR count). The quantitative estimate of drug-likeness (QED) is 0.804. The van der Waals surface area contributed by atoms with Crippen molar-refractivity contribution in [2.45, 2.75) is 50.9 Å². The van der Waals surface area contributed by atoms with Crippen LogP contribution in [0, 0.1) is 0 Å². The smallest absolute Gasteiger partial charge is 0.251 e. The molecule has 5 nitrogen and oxygen atoms in total. The van der Waals surface area contributed by atoms with Crippen molar-refractivity contribution in [3.05, 3.63) is 0 Å². The van der Waals surface area contributed by atoms with Gasteiger partial charge >= 0.3 is 0 Å². The van der Waals surface area contributed by atoms with Crippen LogP contribution in [0.4, 0.5) is 0 Å². The molecular weight excluding hydrogens is 242 g/mol. The zero-order valence-corrected chi connectivity index (χ0v) is 12.2. The van der Waals surface area contributed by atoms with E-state index in [1.165, 1.54) is 0 Å². The van der Waals surface area contributed by atoms with Crippen LogP contribution in [0.3, 0.4) is 0 Å². The molecule has 0 bridgehead atoms. The average molecular weight is 269 g/mol. The van der Waals surface area contributed by atoms with E-state index in [4.69, 9.17) is 10.5 Å². The van der Waals surface area contributed by atoms with E-state index in [9.17, 15) is 4.79 Å². The summed E-state index contributed by atoms with van der Waals surface area (Å²) in [5, 5.41) is 0. The minimum Gasteiger partial charge on any atom is -0.364 e. The second-order valence-corrected chi connectivity index (χ2v) is 5.67. The number of hydrogen-bond donors (Lipinski definition) is 1. The number of ether oxygens (including phenoxy) is 1. The molecule has 2 aliphatic heterocycles. The van der Waals surface area contributed by atoms with Crippen molar-refractivity contribution in [2.24, 2.45) is 5.73 Å². The fraction of sp³-hybridized carbons (Fsp3) is 0.929. The standard InChI is InChI=1S/C14H27N3O2/c1-3-17-8-6-11(7-9-17)16(2)14(18)13-5-4-12(10-15)19-13/h11-13H,3-10,15H2,1-2H3. The largest absolute Gasteiger partial charge is 0.364 e. The third-order valence-electron chi connectivity index (χ3n) is 4.55. The number of carbonyl (C=O) groups is 1. The number of nitrogens with zero attached hydrogens (tertiary/aromatic N) is 2. The highest BCUT2D eigenvalue weighted by molar-refractivity contribution is 5.81. The maximum Gasteiger partial charge on any atom is 0.251 e. The molecule has 0 aromatic carbocycles. The number of nitrogens with two attached hydrogens (primary N) is 1. The molecule has 110 valence electrons. The first-order chi connectivity index (χ1) is 9.15. The van der Waals surface area contributed by atoms with Gasteiger partial charge in [-0.05, 0) is 32.2 Å². The fourth-order valence-corrected chi connectivity index (χ4v) is 3.09. The van der Waals surface area contributed by atoms with Gasteiger partial charge in [0.2, 0.25) is 0 Å². The lowest BCUT2D eigenvalue weighted by Gasteiger charge is -2.37. The van der Waals surface area contributed by atoms with E-state index in [0.29, 0.717) is 12.6 Å². The molecule has 0 spiro atoms. The van der Waals surface area contributed by atoms with Gasteiger partial charge in [0, 0.05) is 32.7 Å². The molecule has 2 N–H and O–H groups in total. The lowest BCUT2D eigenvalue weighted by atomic mass is 10.0. The molecular formula is C14H27N3O2.